The fourth-order valence-electron chi connectivity index (χ4n) is 5.88. The van der Waals surface area contributed by atoms with Gasteiger partial charge < -0.3 is 15.5 Å². The molecule has 30 heavy (non-hydrogen) atoms. The van der Waals surface area contributed by atoms with Crippen molar-refractivity contribution in [2.75, 3.05) is 37.6 Å². The van der Waals surface area contributed by atoms with Gasteiger partial charge in [0.1, 0.15) is 5.82 Å². The van der Waals surface area contributed by atoms with Crippen molar-refractivity contribution in [3.63, 3.8) is 0 Å². The van der Waals surface area contributed by atoms with Crippen LogP contribution in [0.3, 0.4) is 0 Å². The van der Waals surface area contributed by atoms with E-state index < -0.39 is 0 Å². The van der Waals surface area contributed by atoms with Crippen molar-refractivity contribution >= 4 is 5.82 Å². The lowest BCUT2D eigenvalue weighted by molar-refractivity contribution is 0.265. The van der Waals surface area contributed by atoms with Gasteiger partial charge in [0.25, 0.3) is 0 Å². The summed E-state index contributed by atoms with van der Waals surface area (Å²) >= 11 is 0. The number of nitrogens with zero attached hydrogens (tertiary/aromatic N) is 4. The summed E-state index contributed by atoms with van der Waals surface area (Å²) in [6, 6.07) is 7.57. The summed E-state index contributed by atoms with van der Waals surface area (Å²) in [5.74, 6) is 3.20. The van der Waals surface area contributed by atoms with E-state index >= 15 is 0 Å². The van der Waals surface area contributed by atoms with Gasteiger partial charge >= 0.3 is 0 Å². The van der Waals surface area contributed by atoms with Crippen LogP contribution in [-0.2, 0) is 6.54 Å². The molecule has 4 fully saturated rings. The van der Waals surface area contributed by atoms with Gasteiger partial charge in [-0.1, -0.05) is 6.07 Å². The summed E-state index contributed by atoms with van der Waals surface area (Å²) in [7, 11) is 0. The minimum Gasteiger partial charge on any atom is -0.356 e. The molecule has 8 heteroatoms. The Kier molecular flexibility index (Phi) is 4.75. The first-order valence-electron chi connectivity index (χ1n) is 11.5. The first-order valence-corrected chi connectivity index (χ1v) is 11.5. The van der Waals surface area contributed by atoms with Crippen molar-refractivity contribution in [3.05, 3.63) is 41.9 Å². The quantitative estimate of drug-likeness (QED) is 0.596. The number of aromatic nitrogens is 3. The molecule has 4 unspecified atom stereocenters. The number of hydrazine groups is 1. The molecule has 4 aliphatic heterocycles. The van der Waals surface area contributed by atoms with E-state index in [1.165, 1.54) is 5.56 Å². The third-order valence-electron chi connectivity index (χ3n) is 7.63. The Morgan fingerprint density at radius 2 is 1.97 bits per heavy atom. The van der Waals surface area contributed by atoms with Crippen molar-refractivity contribution in [3.8, 4) is 0 Å². The first-order chi connectivity index (χ1) is 14.8. The first kappa shape index (κ1) is 18.7. The number of fused-ring (bicyclic) bond motifs is 2. The summed E-state index contributed by atoms with van der Waals surface area (Å²) in [4.78, 5) is 7.63. The van der Waals surface area contributed by atoms with E-state index in [0.29, 0.717) is 18.0 Å². The Morgan fingerprint density at radius 3 is 2.77 bits per heavy atom. The molecule has 6 atom stereocenters. The van der Waals surface area contributed by atoms with E-state index in [1.54, 1.807) is 0 Å². The number of hydrogen-bond donors (Lipinski definition) is 4. The van der Waals surface area contributed by atoms with Crippen LogP contribution < -0.4 is 26.4 Å². The molecule has 8 nitrogen and oxygen atoms in total. The highest BCUT2D eigenvalue weighted by atomic mass is 15.4. The summed E-state index contributed by atoms with van der Waals surface area (Å²) in [5.41, 5.74) is 9.53. The number of anilines is 1. The number of piperidine rings is 1. The van der Waals surface area contributed by atoms with Gasteiger partial charge in [-0.15, -0.1) is 0 Å². The molecule has 4 aliphatic rings. The number of pyridine rings is 1. The molecule has 0 aliphatic carbocycles. The summed E-state index contributed by atoms with van der Waals surface area (Å²) in [6.07, 6.45) is 5.28. The van der Waals surface area contributed by atoms with E-state index in [2.05, 4.69) is 62.8 Å². The normalized spacial score (nSPS) is 35.6. The van der Waals surface area contributed by atoms with Gasteiger partial charge in [0, 0.05) is 69.0 Å². The van der Waals surface area contributed by atoms with Gasteiger partial charge in [0.05, 0.1) is 17.9 Å². The Labute approximate surface area is 177 Å². The van der Waals surface area contributed by atoms with Crippen LogP contribution in [0.4, 0.5) is 5.82 Å². The highest BCUT2D eigenvalue weighted by molar-refractivity contribution is 5.42. The van der Waals surface area contributed by atoms with Crippen LogP contribution in [0.15, 0.2) is 30.6 Å². The molecular weight excluding hydrogens is 376 g/mol. The van der Waals surface area contributed by atoms with Gasteiger partial charge in [-0.2, -0.15) is 5.10 Å². The zero-order valence-corrected chi connectivity index (χ0v) is 17.6. The maximum Gasteiger partial charge on any atom is 0.128 e. The van der Waals surface area contributed by atoms with Crippen molar-refractivity contribution in [1.82, 2.24) is 36.2 Å². The van der Waals surface area contributed by atoms with Crippen LogP contribution in [0.1, 0.15) is 36.7 Å². The number of hydrogen-bond acceptors (Lipinski definition) is 7. The van der Waals surface area contributed by atoms with E-state index in [4.69, 9.17) is 4.98 Å². The van der Waals surface area contributed by atoms with Gasteiger partial charge in [-0.05, 0) is 37.3 Å². The largest absolute Gasteiger partial charge is 0.356 e. The second kappa shape index (κ2) is 7.60. The molecule has 0 amide bonds. The summed E-state index contributed by atoms with van der Waals surface area (Å²) in [5, 5.41) is 11.7. The Bertz CT molecular complexity index is 885. The Balaban J connectivity index is 1.20. The minimum atomic E-state index is 0.240. The van der Waals surface area contributed by atoms with Crippen LogP contribution in [0.2, 0.25) is 0 Å². The predicted octanol–water partition coefficient (Wildman–Crippen LogP) is 0.822. The van der Waals surface area contributed by atoms with Crippen molar-refractivity contribution < 1.29 is 0 Å². The molecular formula is C22H32N8. The third-order valence-corrected chi connectivity index (χ3v) is 7.63. The van der Waals surface area contributed by atoms with E-state index in [-0.39, 0.29) is 6.04 Å². The molecule has 6 rings (SSSR count). The smallest absolute Gasteiger partial charge is 0.128 e. The maximum atomic E-state index is 5.14. The molecule has 0 spiro atoms. The predicted molar refractivity (Wildman–Crippen MR) is 116 cm³/mol. The fourth-order valence-corrected chi connectivity index (χ4v) is 5.88. The van der Waals surface area contributed by atoms with Gasteiger partial charge in [-0.25, -0.2) is 10.4 Å². The molecule has 6 heterocycles. The summed E-state index contributed by atoms with van der Waals surface area (Å²) < 4.78 is 2.01. The molecule has 160 valence electrons. The molecule has 0 radical (unpaired) electrons. The molecule has 4 saturated heterocycles. The molecule has 2 aromatic heterocycles. The zero-order valence-electron chi connectivity index (χ0n) is 17.6. The number of aryl methyl sites for hydroxylation is 1. The lowest BCUT2D eigenvalue weighted by Gasteiger charge is -2.33. The fraction of sp³-hybridized carbons (Fsp3) is 0.636. The molecule has 0 saturated carbocycles. The van der Waals surface area contributed by atoms with E-state index in [9.17, 15) is 0 Å². The highest BCUT2D eigenvalue weighted by Gasteiger charge is 2.42. The number of rotatable bonds is 4. The number of nitrogens with one attached hydrogen (secondary N) is 4. The average Bonchev–Trinajstić information content (AvgIpc) is 3.56. The maximum absolute atomic E-state index is 5.14. The topological polar surface area (TPSA) is 82.1 Å². The van der Waals surface area contributed by atoms with Crippen molar-refractivity contribution in [2.45, 2.75) is 38.0 Å². The molecule has 0 bridgehead atoms. The van der Waals surface area contributed by atoms with Crippen LogP contribution in [0, 0.1) is 17.8 Å². The van der Waals surface area contributed by atoms with Gasteiger partial charge in [0.15, 0.2) is 0 Å². The van der Waals surface area contributed by atoms with Crippen molar-refractivity contribution in [1.29, 1.82) is 0 Å². The van der Waals surface area contributed by atoms with Gasteiger partial charge in [-0.3, -0.25) is 10.1 Å². The Hall–Kier alpha value is -2.00. The highest BCUT2D eigenvalue weighted by Crippen LogP contribution is 2.38. The summed E-state index contributed by atoms with van der Waals surface area (Å²) in [6.45, 7) is 8.57. The molecule has 4 N–H and O–H groups in total. The van der Waals surface area contributed by atoms with Crippen LogP contribution >= 0.6 is 0 Å². The van der Waals surface area contributed by atoms with Crippen molar-refractivity contribution in [2.24, 2.45) is 17.8 Å². The minimum absolute atomic E-state index is 0.240. The van der Waals surface area contributed by atoms with E-state index in [0.717, 1.165) is 69.0 Å². The van der Waals surface area contributed by atoms with Crippen LogP contribution in [0.25, 0.3) is 0 Å². The van der Waals surface area contributed by atoms with Crippen LogP contribution in [-0.4, -0.2) is 53.5 Å². The monoisotopic (exact) mass is 408 g/mol. The zero-order chi connectivity index (χ0) is 20.1. The third kappa shape index (κ3) is 3.22. The standard InChI is InChI=1S/C22H32N8/c1-2-30-13-16(9-25-30)19-6-17-20(10-24-19)27-28-22(17)18-4-3-5-21(26-18)29-11-14-7-23-8-15(14)12-29/h3-5,9,13-15,17,19-20,22-24,27-28H,2,6-8,10-12H2,1H3/t14-,15+,17?,19?,20?,22?. The lowest BCUT2D eigenvalue weighted by atomic mass is 9.82. The average molecular weight is 409 g/mol. The van der Waals surface area contributed by atoms with E-state index in [1.807, 2.05) is 10.9 Å². The molecule has 0 aromatic carbocycles. The second-order valence-corrected chi connectivity index (χ2v) is 9.37. The second-order valence-electron chi connectivity index (χ2n) is 9.37. The van der Waals surface area contributed by atoms with Crippen LogP contribution in [0.5, 0.6) is 0 Å². The SMILES string of the molecule is CCn1cc(C2CC3C(CN2)NNC3c2cccc(N3C[C@H]4CNC[C@H]4C3)n2)cn1. The Morgan fingerprint density at radius 1 is 1.10 bits per heavy atom. The molecule has 2 aromatic rings. The van der Waals surface area contributed by atoms with Gasteiger partial charge in [0.2, 0.25) is 0 Å². The lowest BCUT2D eigenvalue weighted by Crippen LogP contribution is -2.46.